The van der Waals surface area contributed by atoms with E-state index < -0.39 is 5.57 Å². The summed E-state index contributed by atoms with van der Waals surface area (Å²) in [6.45, 7) is 5.62. The number of alkyl halides is 1. The minimum Gasteiger partial charge on any atom is -0.255 e. The second-order valence-electron chi connectivity index (χ2n) is 4.24. The molecule has 62 valence electrons. The minimum absolute atomic E-state index is 0.229. The van der Waals surface area contributed by atoms with Gasteiger partial charge in [0.25, 0.3) is 0 Å². The predicted molar refractivity (Wildman–Crippen MR) is 46.4 cm³/mol. The Balaban J connectivity index is 2.76. The molecule has 1 fully saturated rings. The summed E-state index contributed by atoms with van der Waals surface area (Å²) in [6.07, 6.45) is 3.04. The van der Waals surface area contributed by atoms with E-state index in [0.717, 1.165) is 19.3 Å². The highest BCUT2D eigenvalue weighted by molar-refractivity contribution is 6.14. The molecule has 1 aliphatic carbocycles. The van der Waals surface area contributed by atoms with Crippen LogP contribution in [0.15, 0.2) is 0 Å². The van der Waals surface area contributed by atoms with Crippen molar-refractivity contribution in [1.82, 2.24) is 0 Å². The van der Waals surface area contributed by atoms with Crippen LogP contribution in [-0.4, -0.2) is 13.4 Å². The Morgan fingerprint density at radius 3 is 1.91 bits per heavy atom. The minimum atomic E-state index is -1.49. The van der Waals surface area contributed by atoms with Crippen LogP contribution < -0.4 is 0 Å². The summed E-state index contributed by atoms with van der Waals surface area (Å²) in [7, 11) is 5.51. The van der Waals surface area contributed by atoms with Gasteiger partial charge >= 0.3 is 0 Å². The van der Waals surface area contributed by atoms with E-state index in [1.807, 2.05) is 0 Å². The molecule has 11 heavy (non-hydrogen) atoms. The lowest BCUT2D eigenvalue weighted by atomic mass is 9.49. The average molecular weight is 154 g/mol. The van der Waals surface area contributed by atoms with Crippen LogP contribution in [0.2, 0.25) is 0 Å². The predicted octanol–water partition coefficient (Wildman–Crippen LogP) is 2.67. The Kier molecular flexibility index (Phi) is 2.06. The molecule has 0 heterocycles. The van der Waals surface area contributed by atoms with Crippen molar-refractivity contribution in [3.8, 4) is 0 Å². The molecule has 0 spiro atoms. The first-order valence-corrected chi connectivity index (χ1v) is 4.38. The topological polar surface area (TPSA) is 0 Å². The molecule has 0 N–H and O–H groups in total. The van der Waals surface area contributed by atoms with Gasteiger partial charge in [0, 0.05) is 0 Å². The Morgan fingerprint density at radius 2 is 1.91 bits per heavy atom. The van der Waals surface area contributed by atoms with E-state index in [9.17, 15) is 4.39 Å². The molecule has 0 aliphatic heterocycles. The Hall–Kier alpha value is -0.00506. The lowest BCUT2D eigenvalue weighted by molar-refractivity contribution is -0.0409. The van der Waals surface area contributed by atoms with Crippen LogP contribution in [0.5, 0.6) is 0 Å². The van der Waals surface area contributed by atoms with Crippen LogP contribution in [0.25, 0.3) is 0 Å². The molecule has 1 aliphatic rings. The van der Waals surface area contributed by atoms with Crippen molar-refractivity contribution in [2.45, 2.75) is 45.6 Å². The van der Waals surface area contributed by atoms with Gasteiger partial charge in [-0.1, -0.05) is 20.3 Å². The van der Waals surface area contributed by atoms with E-state index in [2.05, 4.69) is 13.8 Å². The molecule has 0 amide bonds. The molecule has 1 rings (SSSR count). The van der Waals surface area contributed by atoms with Crippen molar-refractivity contribution in [3.63, 3.8) is 0 Å². The highest BCUT2D eigenvalue weighted by atomic mass is 19.1. The van der Waals surface area contributed by atoms with Crippen LogP contribution in [0.3, 0.4) is 0 Å². The van der Waals surface area contributed by atoms with Gasteiger partial charge in [-0.05, 0) is 31.1 Å². The third kappa shape index (κ3) is 1.21. The highest BCUT2D eigenvalue weighted by Gasteiger charge is 2.51. The normalized spacial score (nSPS) is 27.7. The third-order valence-electron chi connectivity index (χ3n) is 3.32. The van der Waals surface area contributed by atoms with Crippen LogP contribution >= 0.6 is 0 Å². The van der Waals surface area contributed by atoms with Gasteiger partial charge in [-0.2, -0.15) is 0 Å². The monoisotopic (exact) mass is 154 g/mol. The summed E-state index contributed by atoms with van der Waals surface area (Å²) in [4.78, 5) is 0. The second-order valence-corrected chi connectivity index (χ2v) is 4.24. The molecule has 2 heteroatoms. The van der Waals surface area contributed by atoms with Gasteiger partial charge in [-0.25, -0.2) is 0 Å². The van der Waals surface area contributed by atoms with Crippen LogP contribution in [0.1, 0.15) is 40.0 Å². The van der Waals surface area contributed by atoms with Crippen LogP contribution in [0, 0.1) is 11.3 Å². The molecule has 0 aromatic heterocycles. The molecule has 0 saturated heterocycles. The molecule has 0 aromatic carbocycles. The van der Waals surface area contributed by atoms with E-state index in [1.54, 1.807) is 0 Å². The van der Waals surface area contributed by atoms with Gasteiger partial charge in [0.15, 0.2) is 0 Å². The van der Waals surface area contributed by atoms with Gasteiger partial charge in [0.2, 0.25) is 0 Å². The maximum atomic E-state index is 13.5. The molecule has 0 nitrogen and oxygen atoms in total. The lowest BCUT2D eigenvalue weighted by Gasteiger charge is -2.52. The first kappa shape index (κ1) is 9.09. The third-order valence-corrected chi connectivity index (χ3v) is 3.32. The Labute approximate surface area is 70.0 Å². The fraction of sp³-hybridized carbons (Fsp3) is 1.00. The number of hydrogen-bond acceptors (Lipinski definition) is 0. The van der Waals surface area contributed by atoms with E-state index in [-0.39, 0.29) is 5.41 Å². The van der Waals surface area contributed by atoms with Gasteiger partial charge in [-0.15, -0.1) is 0 Å². The van der Waals surface area contributed by atoms with Gasteiger partial charge in [0.1, 0.15) is 7.85 Å². The van der Waals surface area contributed by atoms with E-state index >= 15 is 0 Å². The number of hydrogen-bond donors (Lipinski definition) is 0. The fourth-order valence-electron chi connectivity index (χ4n) is 2.19. The largest absolute Gasteiger partial charge is 0.255 e. The molecule has 2 radical (unpaired) electrons. The lowest BCUT2D eigenvalue weighted by Crippen LogP contribution is -2.51. The molecule has 1 unspecified atom stereocenters. The quantitative estimate of drug-likeness (QED) is 0.536. The van der Waals surface area contributed by atoms with Crippen molar-refractivity contribution in [3.05, 3.63) is 0 Å². The molecule has 0 bridgehead atoms. The summed E-state index contributed by atoms with van der Waals surface area (Å²) in [6, 6.07) is 0. The zero-order valence-corrected chi connectivity index (χ0v) is 7.65. The SMILES string of the molecule is [B]C(C)(F)C1(C(C)C)CCC1. The van der Waals surface area contributed by atoms with E-state index in [1.165, 1.54) is 6.92 Å². The summed E-state index contributed by atoms with van der Waals surface area (Å²) in [5.41, 5.74) is -1.72. The van der Waals surface area contributed by atoms with Crippen molar-refractivity contribution < 1.29 is 4.39 Å². The van der Waals surface area contributed by atoms with Crippen LogP contribution in [0.4, 0.5) is 4.39 Å². The maximum Gasteiger partial charge on any atom is 0.121 e. The number of rotatable bonds is 2. The second kappa shape index (κ2) is 2.50. The number of halogens is 1. The summed E-state index contributed by atoms with van der Waals surface area (Å²) < 4.78 is 13.5. The first-order chi connectivity index (χ1) is 4.90. The highest BCUT2D eigenvalue weighted by Crippen LogP contribution is 2.54. The smallest absolute Gasteiger partial charge is 0.121 e. The first-order valence-electron chi connectivity index (χ1n) is 4.38. The van der Waals surface area contributed by atoms with Crippen molar-refractivity contribution in [2.75, 3.05) is 0 Å². The average Bonchev–Trinajstić information content (AvgIpc) is 1.52. The van der Waals surface area contributed by atoms with Gasteiger partial charge < -0.3 is 0 Å². The zero-order chi connectivity index (χ0) is 8.70. The van der Waals surface area contributed by atoms with Crippen LogP contribution in [-0.2, 0) is 0 Å². The zero-order valence-electron chi connectivity index (χ0n) is 7.65. The molecule has 1 saturated carbocycles. The molecule has 0 aromatic rings. The van der Waals surface area contributed by atoms with Gasteiger partial charge in [0.05, 0.1) is 5.57 Å². The van der Waals surface area contributed by atoms with E-state index in [4.69, 9.17) is 7.85 Å². The fourth-order valence-corrected chi connectivity index (χ4v) is 2.19. The summed E-state index contributed by atoms with van der Waals surface area (Å²) >= 11 is 0. The summed E-state index contributed by atoms with van der Waals surface area (Å²) in [5, 5.41) is 0. The van der Waals surface area contributed by atoms with E-state index in [0.29, 0.717) is 5.92 Å². The maximum absolute atomic E-state index is 13.5. The molecule has 1 atom stereocenters. The summed E-state index contributed by atoms with van der Waals surface area (Å²) in [5.74, 6) is 0.358. The Morgan fingerprint density at radius 1 is 1.45 bits per heavy atom. The Bertz CT molecular complexity index is 142. The van der Waals surface area contributed by atoms with Crippen molar-refractivity contribution in [1.29, 1.82) is 0 Å². The standard InChI is InChI=1S/C9H16BF/c1-7(2)9(5-4-6-9)8(3,10)11/h7H,4-6H2,1-3H3. The van der Waals surface area contributed by atoms with Crippen molar-refractivity contribution in [2.24, 2.45) is 11.3 Å². The van der Waals surface area contributed by atoms with Crippen molar-refractivity contribution >= 4 is 7.85 Å². The van der Waals surface area contributed by atoms with Gasteiger partial charge in [-0.3, -0.25) is 4.39 Å². The molecular weight excluding hydrogens is 138 g/mol. The molecular formula is C9H16BF.